The van der Waals surface area contributed by atoms with E-state index < -0.39 is 20.6 Å². The van der Waals surface area contributed by atoms with Crippen molar-refractivity contribution < 1.29 is 27.2 Å². The highest BCUT2D eigenvalue weighted by Gasteiger charge is 2.31. The summed E-state index contributed by atoms with van der Waals surface area (Å²) in [5.74, 6) is 0.832. The van der Waals surface area contributed by atoms with E-state index in [1.165, 1.54) is 25.3 Å². The lowest BCUT2D eigenvalue weighted by Crippen LogP contribution is -2.09. The third-order valence-electron chi connectivity index (χ3n) is 5.99. The van der Waals surface area contributed by atoms with Gasteiger partial charge in [0.1, 0.15) is 27.7 Å². The number of pyridine rings is 1. The molecule has 0 spiro atoms. The van der Waals surface area contributed by atoms with Crippen LogP contribution < -0.4 is 9.47 Å². The van der Waals surface area contributed by atoms with Crippen molar-refractivity contribution >= 4 is 31.7 Å². The molecule has 4 rings (SSSR count). The van der Waals surface area contributed by atoms with Crippen molar-refractivity contribution in [3.63, 3.8) is 0 Å². The average molecular weight is 530 g/mol. The minimum atomic E-state index is -4.12. The summed E-state index contributed by atoms with van der Waals surface area (Å²) in [5, 5.41) is 10.0. The Hall–Kier alpha value is -3.44. The van der Waals surface area contributed by atoms with Gasteiger partial charge in [-0.1, -0.05) is 0 Å². The van der Waals surface area contributed by atoms with E-state index in [4.69, 9.17) is 9.47 Å². The third kappa shape index (κ3) is 4.33. The lowest BCUT2D eigenvalue weighted by molar-refractivity contribution is 0.404. The highest BCUT2D eigenvalue weighted by molar-refractivity contribution is 7.92. The second kappa shape index (κ2) is 9.55. The number of aryl methyl sites for hydroxylation is 3. The minimum absolute atomic E-state index is 0.0248. The van der Waals surface area contributed by atoms with Crippen LogP contribution in [-0.2, 0) is 26.4 Å². The number of nitrogens with zero attached hydrogens (tertiary/aromatic N) is 2. The zero-order valence-corrected chi connectivity index (χ0v) is 22.4. The van der Waals surface area contributed by atoms with Gasteiger partial charge in [-0.2, -0.15) is 0 Å². The summed E-state index contributed by atoms with van der Waals surface area (Å²) in [6.07, 6.45) is 1.66. The summed E-state index contributed by atoms with van der Waals surface area (Å²) < 4.78 is 51.9. The van der Waals surface area contributed by atoms with Crippen molar-refractivity contribution in [3.8, 4) is 17.2 Å². The van der Waals surface area contributed by atoms with E-state index in [1.54, 1.807) is 33.2 Å². The number of H-pyrrole nitrogens is 1. The van der Waals surface area contributed by atoms with E-state index in [0.717, 1.165) is 11.1 Å². The Morgan fingerprint density at radius 3 is 2.28 bits per heavy atom. The summed E-state index contributed by atoms with van der Waals surface area (Å²) in [6.45, 7) is 6.96. The Balaban J connectivity index is 1.84. The predicted octanol–water partition coefficient (Wildman–Crippen LogP) is 4.05. The molecule has 1 atom stereocenters. The van der Waals surface area contributed by atoms with Crippen LogP contribution in [-0.4, -0.2) is 46.9 Å². The molecule has 0 aliphatic heterocycles. The fourth-order valence-electron chi connectivity index (χ4n) is 4.40. The summed E-state index contributed by atoms with van der Waals surface area (Å²) in [7, 11) is -2.82. The van der Waals surface area contributed by atoms with Gasteiger partial charge in [-0.15, -0.1) is 0 Å². The van der Waals surface area contributed by atoms with Gasteiger partial charge in [0.2, 0.25) is 9.84 Å². The largest absolute Gasteiger partial charge is 0.508 e. The normalized spacial score (nSPS) is 12.6. The van der Waals surface area contributed by atoms with Crippen molar-refractivity contribution in [2.45, 2.75) is 48.4 Å². The van der Waals surface area contributed by atoms with Gasteiger partial charge in [0.05, 0.1) is 46.9 Å². The van der Waals surface area contributed by atoms with Gasteiger partial charge in [-0.3, -0.25) is 9.19 Å². The maximum Gasteiger partial charge on any atom is 0.213 e. The van der Waals surface area contributed by atoms with Crippen LogP contribution in [0.15, 0.2) is 45.4 Å². The fraction of sp³-hybridized carbons (Fsp3) is 0.280. The number of fused-ring (bicyclic) bond motifs is 1. The number of hydrogen-bond acceptors (Lipinski definition) is 8. The first-order chi connectivity index (χ1) is 17.0. The SMILES string of the molecule is COc1ccc2[nH]c(S(=O)Cc3ncc(C)c(OC)c3C)nc2c1S(=O)(=O)c1c(C)cc(O)cc1C. The Morgan fingerprint density at radius 1 is 1.00 bits per heavy atom. The number of rotatable bonds is 7. The molecule has 0 bridgehead atoms. The number of aromatic nitrogens is 3. The molecular weight excluding hydrogens is 502 g/mol. The first-order valence-corrected chi connectivity index (χ1v) is 13.8. The second-order valence-electron chi connectivity index (χ2n) is 8.48. The number of phenolic OH excluding ortho intramolecular Hbond substituents is 1. The Kier molecular flexibility index (Phi) is 6.80. The molecule has 1 unspecified atom stereocenters. The van der Waals surface area contributed by atoms with E-state index in [1.807, 2.05) is 13.8 Å². The van der Waals surface area contributed by atoms with Crippen LogP contribution in [0.5, 0.6) is 17.2 Å². The number of methoxy groups -OCH3 is 2. The molecular formula is C25H27N3O6S2. The van der Waals surface area contributed by atoms with E-state index in [9.17, 15) is 17.7 Å². The van der Waals surface area contributed by atoms with Gasteiger partial charge in [0.15, 0.2) is 5.16 Å². The van der Waals surface area contributed by atoms with Gasteiger partial charge in [0, 0.05) is 17.3 Å². The van der Waals surface area contributed by atoms with E-state index in [2.05, 4.69) is 15.0 Å². The first-order valence-electron chi connectivity index (χ1n) is 11.0. The lowest BCUT2D eigenvalue weighted by Gasteiger charge is -2.14. The van der Waals surface area contributed by atoms with Crippen molar-refractivity contribution in [1.82, 2.24) is 15.0 Å². The van der Waals surface area contributed by atoms with Gasteiger partial charge in [-0.25, -0.2) is 13.4 Å². The molecule has 9 nitrogen and oxygen atoms in total. The molecule has 0 aliphatic rings. The topological polar surface area (TPSA) is 131 Å². The zero-order chi connectivity index (χ0) is 26.4. The van der Waals surface area contributed by atoms with Crippen LogP contribution in [0.1, 0.15) is 27.9 Å². The van der Waals surface area contributed by atoms with E-state index in [-0.39, 0.29) is 37.7 Å². The molecule has 0 radical (unpaired) electrons. The number of ether oxygens (including phenoxy) is 2. The molecule has 2 heterocycles. The standard InChI is InChI=1S/C25H27N3O6S2/c1-13-9-17(29)10-14(2)23(13)36(31,32)24-20(33-5)8-7-18-21(24)28-25(27-18)35(30)12-19-16(4)22(34-6)15(3)11-26-19/h7-11,29H,12H2,1-6H3,(H,27,28). The minimum Gasteiger partial charge on any atom is -0.508 e. The molecule has 0 fully saturated rings. The van der Waals surface area contributed by atoms with Crippen LogP contribution in [0.2, 0.25) is 0 Å². The number of aromatic amines is 1. The van der Waals surface area contributed by atoms with Gasteiger partial charge < -0.3 is 19.6 Å². The highest BCUT2D eigenvalue weighted by atomic mass is 32.2. The number of imidazole rings is 1. The third-order valence-corrected chi connectivity index (χ3v) is 9.26. The van der Waals surface area contributed by atoms with Crippen LogP contribution in [0.4, 0.5) is 0 Å². The fourth-order valence-corrected chi connectivity index (χ4v) is 7.49. The van der Waals surface area contributed by atoms with Crippen LogP contribution in [0.25, 0.3) is 11.0 Å². The summed E-state index contributed by atoms with van der Waals surface area (Å²) >= 11 is 0. The van der Waals surface area contributed by atoms with Crippen molar-refractivity contribution in [3.05, 3.63) is 58.4 Å². The highest BCUT2D eigenvalue weighted by Crippen LogP contribution is 2.38. The number of sulfone groups is 1. The van der Waals surface area contributed by atoms with Gasteiger partial charge >= 0.3 is 0 Å². The molecule has 2 aromatic carbocycles. The average Bonchev–Trinajstić information content (AvgIpc) is 3.24. The van der Waals surface area contributed by atoms with Crippen LogP contribution in [0, 0.1) is 27.7 Å². The molecule has 11 heteroatoms. The van der Waals surface area contributed by atoms with E-state index >= 15 is 0 Å². The molecule has 0 saturated carbocycles. The number of phenols is 1. The summed E-state index contributed by atoms with van der Waals surface area (Å²) in [4.78, 5) is 11.8. The quantitative estimate of drug-likeness (QED) is 0.366. The van der Waals surface area contributed by atoms with Crippen LogP contribution >= 0.6 is 0 Å². The maximum atomic E-state index is 13.9. The smallest absolute Gasteiger partial charge is 0.213 e. The Morgan fingerprint density at radius 2 is 1.67 bits per heavy atom. The maximum absolute atomic E-state index is 13.9. The summed E-state index contributed by atoms with van der Waals surface area (Å²) in [5.41, 5.74) is 3.55. The molecule has 2 aromatic heterocycles. The molecule has 0 amide bonds. The number of nitrogens with one attached hydrogen (secondary N) is 1. The monoisotopic (exact) mass is 529 g/mol. The zero-order valence-electron chi connectivity index (χ0n) is 20.8. The summed E-state index contributed by atoms with van der Waals surface area (Å²) in [6, 6.07) is 5.95. The molecule has 4 aromatic rings. The molecule has 190 valence electrons. The molecule has 0 saturated heterocycles. The molecule has 0 aliphatic carbocycles. The van der Waals surface area contributed by atoms with Gasteiger partial charge in [-0.05, 0) is 63.1 Å². The Labute approximate surface area is 211 Å². The first kappa shape index (κ1) is 25.6. The van der Waals surface area contributed by atoms with Crippen molar-refractivity contribution in [2.24, 2.45) is 0 Å². The van der Waals surface area contributed by atoms with Crippen molar-refractivity contribution in [1.29, 1.82) is 0 Å². The van der Waals surface area contributed by atoms with Crippen LogP contribution in [0.3, 0.4) is 0 Å². The predicted molar refractivity (Wildman–Crippen MR) is 136 cm³/mol. The lowest BCUT2D eigenvalue weighted by atomic mass is 10.1. The number of benzene rings is 2. The van der Waals surface area contributed by atoms with Crippen molar-refractivity contribution in [2.75, 3.05) is 14.2 Å². The van der Waals surface area contributed by atoms with Gasteiger partial charge in [0.25, 0.3) is 0 Å². The Bertz CT molecular complexity index is 1600. The van der Waals surface area contributed by atoms with E-state index in [0.29, 0.717) is 28.1 Å². The second-order valence-corrected chi connectivity index (χ2v) is 11.7. The molecule has 36 heavy (non-hydrogen) atoms. The number of aromatic hydroxyl groups is 1. The number of hydrogen-bond donors (Lipinski definition) is 2. The molecule has 2 N–H and O–H groups in total.